The van der Waals surface area contributed by atoms with E-state index in [4.69, 9.17) is 14.2 Å². The van der Waals surface area contributed by atoms with E-state index in [0.29, 0.717) is 6.61 Å². The van der Waals surface area contributed by atoms with Gasteiger partial charge in [-0.25, -0.2) is 0 Å². The van der Waals surface area contributed by atoms with Crippen LogP contribution in [0, 0.1) is 0 Å². The molecule has 5 heteroatoms. The van der Waals surface area contributed by atoms with Crippen LogP contribution in [0.4, 0.5) is 0 Å². The van der Waals surface area contributed by atoms with Crippen molar-refractivity contribution >= 4 is 12.4 Å². The molecule has 1 heterocycles. The van der Waals surface area contributed by atoms with E-state index in [1.165, 1.54) is 0 Å². The average Bonchev–Trinajstić information content (AvgIpc) is 2.39. The topological polar surface area (TPSA) is 39.7 Å². The number of hydrogen-bond acceptors (Lipinski definition) is 4. The van der Waals surface area contributed by atoms with E-state index in [2.05, 4.69) is 5.32 Å². The van der Waals surface area contributed by atoms with Gasteiger partial charge in [-0.1, -0.05) is 0 Å². The van der Waals surface area contributed by atoms with Gasteiger partial charge in [0, 0.05) is 12.6 Å². The number of ether oxygens (including phenoxy) is 3. The monoisotopic (exact) mass is 259 g/mol. The van der Waals surface area contributed by atoms with E-state index in [-0.39, 0.29) is 18.4 Å². The minimum absolute atomic E-state index is 0. The molecule has 0 unspecified atom stereocenters. The van der Waals surface area contributed by atoms with Gasteiger partial charge in [-0.15, -0.1) is 12.4 Å². The fourth-order valence-electron chi connectivity index (χ4n) is 1.81. The minimum atomic E-state index is 0. The Morgan fingerprint density at radius 3 is 2.29 bits per heavy atom. The van der Waals surface area contributed by atoms with Crippen molar-refractivity contribution < 1.29 is 14.2 Å². The maximum Gasteiger partial charge on any atom is 0.122 e. The van der Waals surface area contributed by atoms with E-state index < -0.39 is 0 Å². The van der Waals surface area contributed by atoms with E-state index in [1.54, 1.807) is 14.2 Å². The SMILES string of the molecule is COc1cc(OC)cc([C@H]2COCCN2)c1.Cl. The van der Waals surface area contributed by atoms with Crippen molar-refractivity contribution in [3.63, 3.8) is 0 Å². The summed E-state index contributed by atoms with van der Waals surface area (Å²) >= 11 is 0. The average molecular weight is 260 g/mol. The lowest BCUT2D eigenvalue weighted by molar-refractivity contribution is 0.0767. The molecule has 2 rings (SSSR count). The van der Waals surface area contributed by atoms with Gasteiger partial charge in [0.1, 0.15) is 11.5 Å². The van der Waals surface area contributed by atoms with Crippen molar-refractivity contribution in [3.05, 3.63) is 23.8 Å². The zero-order valence-corrected chi connectivity index (χ0v) is 10.9. The molecule has 1 atom stereocenters. The Hall–Kier alpha value is -0.970. The fraction of sp³-hybridized carbons (Fsp3) is 0.500. The molecule has 1 N–H and O–H groups in total. The number of hydrogen-bond donors (Lipinski definition) is 1. The summed E-state index contributed by atoms with van der Waals surface area (Å²) in [5.74, 6) is 1.61. The predicted molar refractivity (Wildman–Crippen MR) is 68.4 cm³/mol. The van der Waals surface area contributed by atoms with Crippen LogP contribution in [0.25, 0.3) is 0 Å². The van der Waals surface area contributed by atoms with Crippen molar-refractivity contribution in [2.24, 2.45) is 0 Å². The second-order valence-electron chi connectivity index (χ2n) is 3.73. The third-order valence-corrected chi connectivity index (χ3v) is 2.70. The molecule has 1 fully saturated rings. The molecule has 17 heavy (non-hydrogen) atoms. The zero-order valence-electron chi connectivity index (χ0n) is 10.1. The number of morpholine rings is 1. The van der Waals surface area contributed by atoms with Crippen LogP contribution in [0.15, 0.2) is 18.2 Å². The lowest BCUT2D eigenvalue weighted by Gasteiger charge is -2.24. The van der Waals surface area contributed by atoms with Crippen LogP contribution < -0.4 is 14.8 Å². The van der Waals surface area contributed by atoms with Gasteiger partial charge in [0.2, 0.25) is 0 Å². The molecule has 0 bridgehead atoms. The van der Waals surface area contributed by atoms with Crippen LogP contribution in [0.3, 0.4) is 0 Å². The van der Waals surface area contributed by atoms with Gasteiger partial charge >= 0.3 is 0 Å². The largest absolute Gasteiger partial charge is 0.497 e. The quantitative estimate of drug-likeness (QED) is 0.898. The smallest absolute Gasteiger partial charge is 0.122 e. The number of methoxy groups -OCH3 is 2. The molecule has 0 aliphatic carbocycles. The van der Waals surface area contributed by atoms with Crippen molar-refractivity contribution in [1.29, 1.82) is 0 Å². The van der Waals surface area contributed by atoms with Crippen molar-refractivity contribution in [2.75, 3.05) is 34.0 Å². The molecule has 0 aromatic heterocycles. The second-order valence-corrected chi connectivity index (χ2v) is 3.73. The van der Waals surface area contributed by atoms with E-state index in [1.807, 2.05) is 18.2 Å². The summed E-state index contributed by atoms with van der Waals surface area (Å²) in [6.07, 6.45) is 0. The summed E-state index contributed by atoms with van der Waals surface area (Å²) < 4.78 is 15.9. The molecule has 4 nitrogen and oxygen atoms in total. The molecule has 0 radical (unpaired) electrons. The Bertz CT molecular complexity index is 331. The molecule has 0 saturated carbocycles. The highest BCUT2D eigenvalue weighted by molar-refractivity contribution is 5.85. The molecule has 1 aliphatic heterocycles. The Balaban J connectivity index is 0.00000144. The van der Waals surface area contributed by atoms with Crippen molar-refractivity contribution in [1.82, 2.24) is 5.32 Å². The Labute approximate surface area is 108 Å². The van der Waals surface area contributed by atoms with Gasteiger partial charge in [-0.2, -0.15) is 0 Å². The molecule has 1 aromatic rings. The summed E-state index contributed by atoms with van der Waals surface area (Å²) in [5.41, 5.74) is 1.14. The number of nitrogens with one attached hydrogen (secondary N) is 1. The first kappa shape index (κ1) is 14.1. The number of benzene rings is 1. The van der Waals surface area contributed by atoms with Gasteiger partial charge in [-0.3, -0.25) is 0 Å². The number of rotatable bonds is 3. The predicted octanol–water partition coefficient (Wildman–Crippen LogP) is 1.79. The van der Waals surface area contributed by atoms with Gasteiger partial charge < -0.3 is 19.5 Å². The molecule has 0 amide bonds. The normalized spacial score (nSPS) is 19.3. The fourth-order valence-corrected chi connectivity index (χ4v) is 1.81. The van der Waals surface area contributed by atoms with Gasteiger partial charge in [-0.05, 0) is 17.7 Å². The van der Waals surface area contributed by atoms with Crippen LogP contribution in [0.2, 0.25) is 0 Å². The highest BCUT2D eigenvalue weighted by atomic mass is 35.5. The second kappa shape index (κ2) is 6.69. The van der Waals surface area contributed by atoms with E-state index in [0.717, 1.165) is 30.2 Å². The van der Waals surface area contributed by atoms with E-state index >= 15 is 0 Å². The molecule has 1 saturated heterocycles. The van der Waals surface area contributed by atoms with Crippen molar-refractivity contribution in [3.8, 4) is 11.5 Å². The minimum Gasteiger partial charge on any atom is -0.497 e. The van der Waals surface area contributed by atoms with Gasteiger partial charge in [0.25, 0.3) is 0 Å². The van der Waals surface area contributed by atoms with Crippen LogP contribution in [0.5, 0.6) is 11.5 Å². The Morgan fingerprint density at radius 1 is 1.18 bits per heavy atom. The lowest BCUT2D eigenvalue weighted by atomic mass is 10.1. The van der Waals surface area contributed by atoms with Gasteiger partial charge in [0.15, 0.2) is 0 Å². The van der Waals surface area contributed by atoms with E-state index in [9.17, 15) is 0 Å². The summed E-state index contributed by atoms with van der Waals surface area (Å²) in [6.45, 7) is 2.35. The number of halogens is 1. The first-order chi connectivity index (χ1) is 7.83. The summed E-state index contributed by atoms with van der Waals surface area (Å²) in [4.78, 5) is 0. The van der Waals surface area contributed by atoms with Crippen molar-refractivity contribution in [2.45, 2.75) is 6.04 Å². The standard InChI is InChI=1S/C12H17NO3.ClH/c1-14-10-5-9(6-11(7-10)15-2)12-8-16-4-3-13-12;/h5-7,12-13H,3-4,8H2,1-2H3;1H/t12-;/m1./s1. The Morgan fingerprint density at radius 2 is 1.82 bits per heavy atom. The maximum atomic E-state index is 5.44. The maximum absolute atomic E-state index is 5.44. The first-order valence-electron chi connectivity index (χ1n) is 5.37. The van der Waals surface area contributed by atoms with Gasteiger partial charge in [0.05, 0.1) is 33.5 Å². The van der Waals surface area contributed by atoms with Crippen LogP contribution in [-0.2, 0) is 4.74 Å². The lowest BCUT2D eigenvalue weighted by Crippen LogP contribution is -2.34. The molecular formula is C12H18ClNO3. The summed E-state index contributed by atoms with van der Waals surface area (Å²) in [5, 5.41) is 3.40. The molecule has 0 spiro atoms. The van der Waals surface area contributed by atoms with Crippen LogP contribution >= 0.6 is 12.4 Å². The highest BCUT2D eigenvalue weighted by Gasteiger charge is 2.16. The van der Waals surface area contributed by atoms with Crippen LogP contribution in [-0.4, -0.2) is 34.0 Å². The zero-order chi connectivity index (χ0) is 11.4. The Kier molecular flexibility index (Phi) is 5.55. The molecule has 1 aromatic carbocycles. The third-order valence-electron chi connectivity index (χ3n) is 2.70. The molecule has 1 aliphatic rings. The highest BCUT2D eigenvalue weighted by Crippen LogP contribution is 2.27. The van der Waals surface area contributed by atoms with Crippen LogP contribution in [0.1, 0.15) is 11.6 Å². The summed E-state index contributed by atoms with van der Waals surface area (Å²) in [6, 6.07) is 6.11. The third kappa shape index (κ3) is 3.49. The summed E-state index contributed by atoms with van der Waals surface area (Å²) in [7, 11) is 3.31. The molecular weight excluding hydrogens is 242 g/mol. The first-order valence-corrected chi connectivity index (χ1v) is 5.37. The molecule has 96 valence electrons.